The number of imidazole rings is 1. The minimum absolute atomic E-state index is 0.0683. The van der Waals surface area contributed by atoms with Gasteiger partial charge < -0.3 is 4.74 Å². The average molecular weight is 364 g/mol. The van der Waals surface area contributed by atoms with Crippen molar-refractivity contribution in [2.75, 3.05) is 6.61 Å². The van der Waals surface area contributed by atoms with Crippen molar-refractivity contribution in [3.05, 3.63) is 70.2 Å². The summed E-state index contributed by atoms with van der Waals surface area (Å²) in [5.74, 6) is 1.32. The van der Waals surface area contributed by atoms with Crippen molar-refractivity contribution in [2.45, 2.75) is 47.1 Å². The third kappa shape index (κ3) is 3.70. The molecule has 1 heterocycles. The number of nitrogens with zero attached hydrogens (tertiary/aromatic N) is 2. The number of hydrogen-bond donors (Lipinski definition) is 0. The first-order chi connectivity index (χ1) is 12.8. The fraction of sp³-hybridized carbons (Fsp3) is 0.348. The first kappa shape index (κ1) is 19.0. The molecule has 142 valence electrons. The van der Waals surface area contributed by atoms with Crippen LogP contribution in [0.1, 0.15) is 43.4 Å². The number of allylic oxidation sites excluding steroid dienone is 1. The summed E-state index contributed by atoms with van der Waals surface area (Å²) in [6.45, 7) is 15.2. The Morgan fingerprint density at radius 1 is 1.07 bits per heavy atom. The molecule has 0 saturated heterocycles. The van der Waals surface area contributed by atoms with Gasteiger partial charge in [0, 0.05) is 5.70 Å². The van der Waals surface area contributed by atoms with Crippen molar-refractivity contribution in [1.82, 2.24) is 9.13 Å². The third-order valence-corrected chi connectivity index (χ3v) is 5.06. The summed E-state index contributed by atoms with van der Waals surface area (Å²) in [6, 6.07) is 12.3. The molecule has 0 bridgehead atoms. The first-order valence-corrected chi connectivity index (χ1v) is 9.40. The van der Waals surface area contributed by atoms with Crippen molar-refractivity contribution < 1.29 is 4.74 Å². The lowest BCUT2D eigenvalue weighted by atomic mass is 10.0. The van der Waals surface area contributed by atoms with Crippen molar-refractivity contribution in [3.63, 3.8) is 0 Å². The highest BCUT2D eigenvalue weighted by molar-refractivity contribution is 5.81. The van der Waals surface area contributed by atoms with E-state index < -0.39 is 0 Å². The summed E-state index contributed by atoms with van der Waals surface area (Å²) in [6.07, 6.45) is 0. The Balaban J connectivity index is 1.86. The molecule has 0 amide bonds. The number of ether oxygens (including phenoxy) is 1. The lowest BCUT2D eigenvalue weighted by Crippen LogP contribution is -2.25. The van der Waals surface area contributed by atoms with E-state index in [4.69, 9.17) is 4.74 Å². The molecule has 0 radical (unpaired) electrons. The molecular formula is C23H28N2O2. The molecule has 0 aliphatic heterocycles. The average Bonchev–Trinajstić information content (AvgIpc) is 2.87. The second-order valence-corrected chi connectivity index (χ2v) is 7.50. The van der Waals surface area contributed by atoms with Crippen molar-refractivity contribution >= 4 is 16.7 Å². The Kier molecular flexibility index (Phi) is 5.26. The number of rotatable bonds is 6. The van der Waals surface area contributed by atoms with E-state index in [-0.39, 0.29) is 5.69 Å². The number of aromatic nitrogens is 2. The Morgan fingerprint density at radius 2 is 1.67 bits per heavy atom. The zero-order valence-electron chi connectivity index (χ0n) is 16.9. The molecule has 3 aromatic rings. The van der Waals surface area contributed by atoms with Gasteiger partial charge in [-0.2, -0.15) is 0 Å². The Labute approximate surface area is 160 Å². The molecule has 27 heavy (non-hydrogen) atoms. The minimum atomic E-state index is -0.0683. The maximum Gasteiger partial charge on any atom is 0.333 e. The molecule has 1 aromatic heterocycles. The fourth-order valence-corrected chi connectivity index (χ4v) is 3.30. The molecule has 0 saturated carbocycles. The highest BCUT2D eigenvalue weighted by Gasteiger charge is 2.15. The maximum atomic E-state index is 12.9. The fourth-order valence-electron chi connectivity index (χ4n) is 3.30. The van der Waals surface area contributed by atoms with Crippen LogP contribution in [0.15, 0.2) is 47.8 Å². The molecule has 0 spiro atoms. The lowest BCUT2D eigenvalue weighted by molar-refractivity contribution is 0.298. The largest absolute Gasteiger partial charge is 0.492 e. The summed E-state index contributed by atoms with van der Waals surface area (Å²) in [7, 11) is 0. The van der Waals surface area contributed by atoms with Crippen LogP contribution in [0.5, 0.6) is 5.75 Å². The number of hydrogen-bond acceptors (Lipinski definition) is 2. The Morgan fingerprint density at radius 3 is 2.22 bits per heavy atom. The van der Waals surface area contributed by atoms with Crippen molar-refractivity contribution in [1.29, 1.82) is 0 Å². The van der Waals surface area contributed by atoms with Gasteiger partial charge in [-0.3, -0.25) is 9.13 Å². The van der Waals surface area contributed by atoms with E-state index in [0.29, 0.717) is 19.1 Å². The molecule has 0 unspecified atom stereocenters. The molecule has 3 rings (SSSR count). The SMILES string of the molecule is C=C(C)n1c(=O)n(CCOc2ccc(C(C)C)cc2)c2cc(C)c(C)cc21. The lowest BCUT2D eigenvalue weighted by Gasteiger charge is -2.10. The molecule has 4 nitrogen and oxygen atoms in total. The zero-order chi connectivity index (χ0) is 19.7. The van der Waals surface area contributed by atoms with Gasteiger partial charge in [0.25, 0.3) is 0 Å². The molecule has 0 N–H and O–H groups in total. The summed E-state index contributed by atoms with van der Waals surface area (Å²) >= 11 is 0. The first-order valence-electron chi connectivity index (χ1n) is 9.40. The summed E-state index contributed by atoms with van der Waals surface area (Å²) < 4.78 is 9.34. The third-order valence-electron chi connectivity index (χ3n) is 5.06. The zero-order valence-corrected chi connectivity index (χ0v) is 16.9. The van der Waals surface area contributed by atoms with Gasteiger partial charge in [0.15, 0.2) is 0 Å². The van der Waals surface area contributed by atoms with Gasteiger partial charge in [0.2, 0.25) is 0 Å². The minimum Gasteiger partial charge on any atom is -0.492 e. The molecule has 4 heteroatoms. The molecule has 0 atom stereocenters. The predicted molar refractivity (Wildman–Crippen MR) is 113 cm³/mol. The maximum absolute atomic E-state index is 12.9. The Bertz CT molecular complexity index is 1040. The summed E-state index contributed by atoms with van der Waals surface area (Å²) in [4.78, 5) is 12.9. The number of fused-ring (bicyclic) bond motifs is 1. The van der Waals surface area contributed by atoms with Crippen LogP contribution in [-0.4, -0.2) is 15.7 Å². The second kappa shape index (κ2) is 7.47. The molecule has 2 aromatic carbocycles. The van der Waals surface area contributed by atoms with Gasteiger partial charge in [0.1, 0.15) is 12.4 Å². The summed E-state index contributed by atoms with van der Waals surface area (Å²) in [5, 5.41) is 0. The van der Waals surface area contributed by atoms with Gasteiger partial charge in [-0.15, -0.1) is 0 Å². The predicted octanol–water partition coefficient (Wildman–Crippen LogP) is 5.11. The van der Waals surface area contributed by atoms with Crippen LogP contribution in [0.3, 0.4) is 0 Å². The van der Waals surface area contributed by atoms with Gasteiger partial charge >= 0.3 is 5.69 Å². The van der Waals surface area contributed by atoms with E-state index >= 15 is 0 Å². The topological polar surface area (TPSA) is 36.2 Å². The standard InChI is InChI=1S/C23H28N2O2/c1-15(2)19-7-9-20(10-8-19)27-12-11-24-21-13-17(5)18(6)14-22(21)25(16(3)4)23(24)26/h7-10,13-15H,3,11-12H2,1-2,4-6H3. The van der Waals surface area contributed by atoms with Crippen molar-refractivity contribution in [2.24, 2.45) is 0 Å². The molecular weight excluding hydrogens is 336 g/mol. The van der Waals surface area contributed by atoms with Gasteiger partial charge in [-0.05, 0) is 67.6 Å². The van der Waals surface area contributed by atoms with Crippen molar-refractivity contribution in [3.8, 4) is 5.75 Å². The Hall–Kier alpha value is -2.75. The van der Waals surface area contributed by atoms with Crippen LogP contribution < -0.4 is 10.4 Å². The van der Waals surface area contributed by atoms with Gasteiger partial charge in [-0.1, -0.05) is 32.6 Å². The van der Waals surface area contributed by atoms with Crippen LogP contribution in [0.25, 0.3) is 16.7 Å². The van der Waals surface area contributed by atoms with Crippen LogP contribution in [0.4, 0.5) is 0 Å². The number of benzene rings is 2. The van der Waals surface area contributed by atoms with Crippen LogP contribution in [0.2, 0.25) is 0 Å². The quantitative estimate of drug-likeness (QED) is 0.609. The monoisotopic (exact) mass is 364 g/mol. The number of aryl methyl sites for hydroxylation is 2. The van der Waals surface area contributed by atoms with E-state index in [9.17, 15) is 4.79 Å². The highest BCUT2D eigenvalue weighted by atomic mass is 16.5. The van der Waals surface area contributed by atoms with E-state index in [0.717, 1.165) is 28.0 Å². The second-order valence-electron chi connectivity index (χ2n) is 7.50. The smallest absolute Gasteiger partial charge is 0.333 e. The van der Waals surface area contributed by atoms with Crippen LogP contribution in [-0.2, 0) is 6.54 Å². The normalized spacial score (nSPS) is 11.3. The molecule has 0 fully saturated rings. The van der Waals surface area contributed by atoms with E-state index in [1.807, 2.05) is 19.1 Å². The van der Waals surface area contributed by atoms with E-state index in [2.05, 4.69) is 58.5 Å². The molecule has 0 aliphatic carbocycles. The van der Waals surface area contributed by atoms with Gasteiger partial charge in [0.05, 0.1) is 17.6 Å². The van der Waals surface area contributed by atoms with E-state index in [1.165, 1.54) is 11.1 Å². The van der Waals surface area contributed by atoms with Gasteiger partial charge in [-0.25, -0.2) is 4.79 Å². The van der Waals surface area contributed by atoms with Crippen LogP contribution in [0, 0.1) is 13.8 Å². The summed E-state index contributed by atoms with van der Waals surface area (Å²) in [5.41, 5.74) is 6.09. The highest BCUT2D eigenvalue weighted by Crippen LogP contribution is 2.22. The van der Waals surface area contributed by atoms with E-state index in [1.54, 1.807) is 9.13 Å². The molecule has 0 aliphatic rings. The van der Waals surface area contributed by atoms with Crippen LogP contribution >= 0.6 is 0 Å².